The Balaban J connectivity index is 1.62. The van der Waals surface area contributed by atoms with Gasteiger partial charge < -0.3 is 44.5 Å². The van der Waals surface area contributed by atoms with E-state index in [0.29, 0.717) is 10.6 Å². The van der Waals surface area contributed by atoms with Crippen molar-refractivity contribution in [3.63, 3.8) is 0 Å². The van der Waals surface area contributed by atoms with E-state index >= 15 is 0 Å². The van der Waals surface area contributed by atoms with Crippen molar-refractivity contribution in [2.24, 2.45) is 5.92 Å². The molecule has 5 rings (SSSR count). The molecule has 334 valence electrons. The van der Waals surface area contributed by atoms with Crippen LogP contribution < -0.4 is 30.2 Å². The molecule has 4 atom stereocenters. The van der Waals surface area contributed by atoms with E-state index in [2.05, 4.69) is 36.1 Å². The lowest BCUT2D eigenvalue weighted by Crippen LogP contribution is -2.58. The second-order valence-corrected chi connectivity index (χ2v) is 14.9. The lowest BCUT2D eigenvalue weighted by molar-refractivity contribution is -0.164. The second-order valence-electron chi connectivity index (χ2n) is 14.9. The number of benzene rings is 1. The van der Waals surface area contributed by atoms with E-state index in [9.17, 15) is 41.5 Å². The minimum absolute atomic E-state index is 0.0124. The van der Waals surface area contributed by atoms with Gasteiger partial charge in [0.25, 0.3) is 5.91 Å². The molecule has 22 heteroatoms. The Kier molecular flexibility index (Phi) is 15.2. The molecule has 4 heterocycles. The fraction of sp³-hybridized carbons (Fsp3) is 0.475. The van der Waals surface area contributed by atoms with Crippen LogP contribution >= 0.6 is 0 Å². The Morgan fingerprint density at radius 1 is 1.02 bits per heavy atom. The SMILES string of the molecule is COc1cccc(C[C@@H]2COc3ccc4ncc(F)cc4c3C(=O)N[C@H](C(=O)NCCc3nc(OC)no3)CC(=O)N(C)[C@@H](CC(C)C)C(=O)N(C)[C@H](CC(F)(F)F)C(=O)N2)n1. The van der Waals surface area contributed by atoms with Gasteiger partial charge in [-0.05, 0) is 41.8 Å². The number of fused-ring (bicyclic) bond motifs is 3. The molecule has 0 bridgehead atoms. The number of amides is 5. The molecule has 0 spiro atoms. The minimum Gasteiger partial charge on any atom is -0.491 e. The maximum Gasteiger partial charge on any atom is 0.391 e. The van der Waals surface area contributed by atoms with Gasteiger partial charge in [0.15, 0.2) is 0 Å². The van der Waals surface area contributed by atoms with Gasteiger partial charge in [-0.2, -0.15) is 18.2 Å². The van der Waals surface area contributed by atoms with Crippen molar-refractivity contribution >= 4 is 40.4 Å². The van der Waals surface area contributed by atoms with E-state index in [1.54, 1.807) is 32.0 Å². The molecule has 0 radical (unpaired) electrons. The molecule has 0 saturated carbocycles. The summed E-state index contributed by atoms with van der Waals surface area (Å²) in [4.78, 5) is 84.8. The maximum atomic E-state index is 14.8. The van der Waals surface area contributed by atoms with Crippen LogP contribution in [0.5, 0.6) is 17.6 Å². The van der Waals surface area contributed by atoms with Gasteiger partial charge in [-0.25, -0.2) is 9.37 Å². The van der Waals surface area contributed by atoms with Crippen molar-refractivity contribution in [2.75, 3.05) is 41.5 Å². The van der Waals surface area contributed by atoms with E-state index in [-0.39, 0.29) is 71.7 Å². The predicted octanol–water partition coefficient (Wildman–Crippen LogP) is 2.79. The monoisotopic (exact) mass is 873 g/mol. The Hall–Kier alpha value is -6.61. The third kappa shape index (κ3) is 12.0. The highest BCUT2D eigenvalue weighted by atomic mass is 19.4. The summed E-state index contributed by atoms with van der Waals surface area (Å²) in [5.41, 5.74) is 0.149. The molecule has 0 unspecified atom stereocenters. The van der Waals surface area contributed by atoms with Crippen molar-refractivity contribution < 1.29 is 60.3 Å². The van der Waals surface area contributed by atoms with Gasteiger partial charge in [0, 0.05) is 50.6 Å². The van der Waals surface area contributed by atoms with Gasteiger partial charge in [-0.15, -0.1) is 0 Å². The fourth-order valence-corrected chi connectivity index (χ4v) is 6.74. The normalized spacial score (nSPS) is 19.7. The number of ether oxygens (including phenoxy) is 3. The van der Waals surface area contributed by atoms with Crippen LogP contribution in [0.2, 0.25) is 0 Å². The zero-order chi connectivity index (χ0) is 45.3. The van der Waals surface area contributed by atoms with Crippen molar-refractivity contribution in [3.8, 4) is 17.6 Å². The molecule has 1 aliphatic heterocycles. The summed E-state index contributed by atoms with van der Waals surface area (Å²) in [6.07, 6.45) is -6.71. The molecule has 62 heavy (non-hydrogen) atoms. The number of nitrogens with one attached hydrogen (secondary N) is 3. The zero-order valence-electron chi connectivity index (χ0n) is 34.7. The van der Waals surface area contributed by atoms with Gasteiger partial charge in [0.05, 0.1) is 50.4 Å². The van der Waals surface area contributed by atoms with E-state index < -0.39 is 85.1 Å². The summed E-state index contributed by atoms with van der Waals surface area (Å²) in [7, 11) is 4.98. The number of methoxy groups -OCH3 is 2. The predicted molar refractivity (Wildman–Crippen MR) is 210 cm³/mol. The van der Waals surface area contributed by atoms with Gasteiger partial charge in [-0.1, -0.05) is 19.9 Å². The van der Waals surface area contributed by atoms with Crippen molar-refractivity contribution in [3.05, 3.63) is 65.6 Å². The van der Waals surface area contributed by atoms with Crippen LogP contribution in [0.1, 0.15) is 55.1 Å². The fourth-order valence-electron chi connectivity index (χ4n) is 6.74. The Morgan fingerprint density at radius 3 is 2.45 bits per heavy atom. The quantitative estimate of drug-likeness (QED) is 0.185. The summed E-state index contributed by atoms with van der Waals surface area (Å²) < 4.78 is 78.8. The van der Waals surface area contributed by atoms with Gasteiger partial charge in [0.1, 0.15) is 36.3 Å². The van der Waals surface area contributed by atoms with Crippen molar-refractivity contribution in [1.82, 2.24) is 45.9 Å². The average Bonchev–Trinajstić information content (AvgIpc) is 3.69. The number of nitrogens with zero attached hydrogens (tertiary/aromatic N) is 6. The molecule has 1 aromatic carbocycles. The lowest BCUT2D eigenvalue weighted by atomic mass is 9.99. The molecule has 0 saturated heterocycles. The van der Waals surface area contributed by atoms with E-state index in [1.165, 1.54) is 33.4 Å². The summed E-state index contributed by atoms with van der Waals surface area (Å²) in [6, 6.07) is 2.10. The molecular weight excluding hydrogens is 826 g/mol. The Bertz CT molecular complexity index is 2260. The van der Waals surface area contributed by atoms with Crippen molar-refractivity contribution in [1.29, 1.82) is 0 Å². The standard InChI is InChI=1S/C40H47F4N9O9/c1-21(2)14-28-38(58)53(4)29(18-40(42,43)44)36(56)48-24(16-23-8-7-9-31(47-23)59-5)20-61-30-11-10-26-25(15-22(41)19-46-26)34(30)37(57)49-27(17-33(54)52(28)3)35(55)45-13-12-32-50-39(60-6)51-62-32/h7-11,15,19,21,24,27-29H,12-14,16-18,20H2,1-6H3,(H,45,55)(H,48,56)(H,49,57)/t24-,27+,28+,29-/m1/s1. The average molecular weight is 874 g/mol. The molecule has 3 N–H and O–H groups in total. The first-order valence-corrected chi connectivity index (χ1v) is 19.4. The second kappa shape index (κ2) is 20.3. The number of carbonyl (C=O) groups is 5. The first kappa shape index (κ1) is 46.5. The summed E-state index contributed by atoms with van der Waals surface area (Å²) in [6.45, 7) is 2.82. The largest absolute Gasteiger partial charge is 0.491 e. The van der Waals surface area contributed by atoms with Gasteiger partial charge in [0.2, 0.25) is 35.4 Å². The molecular formula is C40H47F4N9O9. The summed E-state index contributed by atoms with van der Waals surface area (Å²) >= 11 is 0. The lowest BCUT2D eigenvalue weighted by Gasteiger charge is -2.36. The highest BCUT2D eigenvalue weighted by Crippen LogP contribution is 2.30. The van der Waals surface area contributed by atoms with Crippen LogP contribution in [-0.4, -0.2) is 131 Å². The van der Waals surface area contributed by atoms with Crippen molar-refractivity contribution in [2.45, 2.75) is 76.3 Å². The van der Waals surface area contributed by atoms with Crippen LogP contribution in [0.3, 0.4) is 0 Å². The number of carbonyl (C=O) groups excluding carboxylic acids is 5. The van der Waals surface area contributed by atoms with Crippen LogP contribution in [0, 0.1) is 11.7 Å². The Labute approximate surface area is 353 Å². The summed E-state index contributed by atoms with van der Waals surface area (Å²) in [5, 5.41) is 11.3. The van der Waals surface area contributed by atoms with Crippen LogP contribution in [0.4, 0.5) is 17.6 Å². The molecule has 18 nitrogen and oxygen atoms in total. The third-order valence-electron chi connectivity index (χ3n) is 9.91. The molecule has 4 aromatic rings. The first-order chi connectivity index (χ1) is 29.4. The van der Waals surface area contributed by atoms with Gasteiger partial charge >= 0.3 is 12.2 Å². The highest BCUT2D eigenvalue weighted by Gasteiger charge is 2.43. The summed E-state index contributed by atoms with van der Waals surface area (Å²) in [5.74, 6) is -5.96. The molecule has 3 aromatic heterocycles. The highest BCUT2D eigenvalue weighted by molar-refractivity contribution is 6.10. The molecule has 5 amide bonds. The number of halogens is 4. The minimum atomic E-state index is -4.93. The van der Waals surface area contributed by atoms with Crippen LogP contribution in [-0.2, 0) is 32.0 Å². The molecule has 0 aliphatic carbocycles. The maximum absolute atomic E-state index is 14.8. The van der Waals surface area contributed by atoms with E-state index in [4.69, 9.17) is 18.7 Å². The Morgan fingerprint density at radius 2 is 1.77 bits per heavy atom. The number of rotatable bonds is 11. The molecule has 0 fully saturated rings. The zero-order valence-corrected chi connectivity index (χ0v) is 34.7. The first-order valence-electron chi connectivity index (χ1n) is 19.4. The number of aromatic nitrogens is 4. The topological polar surface area (TPSA) is 220 Å². The number of likely N-dealkylation sites (N-methyl/N-ethyl adjacent to an activating group) is 2. The number of pyridine rings is 2. The molecule has 1 aliphatic rings. The van der Waals surface area contributed by atoms with E-state index in [0.717, 1.165) is 24.2 Å². The van der Waals surface area contributed by atoms with Crippen LogP contribution in [0.25, 0.3) is 10.9 Å². The number of hydrogen-bond donors (Lipinski definition) is 3. The number of alkyl halides is 3. The third-order valence-corrected chi connectivity index (χ3v) is 9.91. The number of hydrogen-bond acceptors (Lipinski definition) is 13. The van der Waals surface area contributed by atoms with Crippen LogP contribution in [0.15, 0.2) is 47.1 Å². The van der Waals surface area contributed by atoms with Gasteiger partial charge in [-0.3, -0.25) is 29.0 Å². The van der Waals surface area contributed by atoms with E-state index in [1.807, 2.05) is 0 Å². The smallest absolute Gasteiger partial charge is 0.391 e.